The van der Waals surface area contributed by atoms with Crippen LogP contribution in [0.3, 0.4) is 0 Å². The van der Waals surface area contributed by atoms with Crippen LogP contribution < -0.4 is 5.32 Å². The summed E-state index contributed by atoms with van der Waals surface area (Å²) in [7, 11) is 0. The molecule has 0 spiro atoms. The summed E-state index contributed by atoms with van der Waals surface area (Å²) in [5, 5.41) is 3.47. The van der Waals surface area contributed by atoms with Gasteiger partial charge in [-0.05, 0) is 37.9 Å². The second kappa shape index (κ2) is 9.12. The largest absolute Gasteiger partial charge is 0.374 e. The van der Waals surface area contributed by atoms with Gasteiger partial charge in [0.15, 0.2) is 0 Å². The van der Waals surface area contributed by atoms with E-state index in [-0.39, 0.29) is 0 Å². The molecule has 2 heteroatoms. The van der Waals surface area contributed by atoms with Crippen molar-refractivity contribution in [2.24, 2.45) is 0 Å². The molecule has 0 aliphatic carbocycles. The molecule has 0 saturated heterocycles. The highest BCUT2D eigenvalue weighted by molar-refractivity contribution is 5.21. The van der Waals surface area contributed by atoms with E-state index in [1.807, 2.05) is 0 Å². The summed E-state index contributed by atoms with van der Waals surface area (Å²) in [5.41, 5.74) is 2.60. The van der Waals surface area contributed by atoms with Crippen molar-refractivity contribution < 1.29 is 4.74 Å². The predicted molar refractivity (Wildman–Crippen MR) is 77.6 cm³/mol. The minimum atomic E-state index is 0.296. The van der Waals surface area contributed by atoms with Gasteiger partial charge >= 0.3 is 0 Å². The van der Waals surface area contributed by atoms with E-state index in [0.29, 0.717) is 12.7 Å². The zero-order chi connectivity index (χ0) is 13.2. The van der Waals surface area contributed by atoms with Crippen molar-refractivity contribution in [3.8, 4) is 0 Å². The summed E-state index contributed by atoms with van der Waals surface area (Å²) in [4.78, 5) is 0. The highest BCUT2D eigenvalue weighted by Gasteiger charge is 1.97. The van der Waals surface area contributed by atoms with Crippen LogP contribution in [-0.4, -0.2) is 12.6 Å². The number of unbranched alkanes of at least 4 members (excludes halogenated alkanes) is 2. The summed E-state index contributed by atoms with van der Waals surface area (Å²) >= 11 is 0. The summed E-state index contributed by atoms with van der Waals surface area (Å²) in [6.07, 6.45) is 4.17. The number of rotatable bonds is 9. The molecule has 0 aliphatic rings. The van der Waals surface area contributed by atoms with Crippen molar-refractivity contribution in [2.45, 2.75) is 59.3 Å². The van der Waals surface area contributed by atoms with Crippen molar-refractivity contribution in [2.75, 3.05) is 6.54 Å². The van der Waals surface area contributed by atoms with E-state index in [4.69, 9.17) is 4.74 Å². The molecule has 102 valence electrons. The van der Waals surface area contributed by atoms with Crippen LogP contribution in [-0.2, 0) is 17.9 Å². The van der Waals surface area contributed by atoms with Crippen LogP contribution in [0.5, 0.6) is 0 Å². The second-order valence-corrected chi connectivity index (χ2v) is 5.06. The van der Waals surface area contributed by atoms with Gasteiger partial charge in [0, 0.05) is 6.54 Å². The lowest BCUT2D eigenvalue weighted by Crippen LogP contribution is -2.14. The molecule has 2 nitrogen and oxygen atoms in total. The summed E-state index contributed by atoms with van der Waals surface area (Å²) in [5.74, 6) is 0. The van der Waals surface area contributed by atoms with Gasteiger partial charge in [-0.1, -0.05) is 44.0 Å². The third kappa shape index (κ3) is 6.77. The average Bonchev–Trinajstić information content (AvgIpc) is 2.37. The van der Waals surface area contributed by atoms with Crippen LogP contribution in [0.15, 0.2) is 24.3 Å². The molecular weight excluding hydrogens is 222 g/mol. The van der Waals surface area contributed by atoms with Crippen molar-refractivity contribution in [1.29, 1.82) is 0 Å². The molecule has 0 atom stereocenters. The maximum atomic E-state index is 5.58. The quantitative estimate of drug-likeness (QED) is 0.670. The fourth-order valence-electron chi connectivity index (χ4n) is 1.75. The lowest BCUT2D eigenvalue weighted by molar-refractivity contribution is 0.0657. The van der Waals surface area contributed by atoms with Crippen LogP contribution in [0.25, 0.3) is 0 Å². The van der Waals surface area contributed by atoms with Crippen LogP contribution >= 0.6 is 0 Å². The Morgan fingerprint density at radius 1 is 1.06 bits per heavy atom. The third-order valence-corrected chi connectivity index (χ3v) is 2.89. The van der Waals surface area contributed by atoms with Gasteiger partial charge in [0.1, 0.15) is 0 Å². The molecule has 1 aromatic rings. The highest BCUT2D eigenvalue weighted by Crippen LogP contribution is 2.07. The minimum absolute atomic E-state index is 0.296. The average molecular weight is 249 g/mol. The van der Waals surface area contributed by atoms with Gasteiger partial charge < -0.3 is 10.1 Å². The molecular formula is C16H27NO. The van der Waals surface area contributed by atoms with Gasteiger partial charge in [0.05, 0.1) is 12.7 Å². The number of hydrogen-bond acceptors (Lipinski definition) is 2. The van der Waals surface area contributed by atoms with Gasteiger partial charge in [-0.25, -0.2) is 0 Å². The Balaban J connectivity index is 2.23. The molecule has 0 aromatic heterocycles. The first-order chi connectivity index (χ1) is 8.72. The van der Waals surface area contributed by atoms with Crippen LogP contribution in [0.2, 0.25) is 0 Å². The number of benzene rings is 1. The highest BCUT2D eigenvalue weighted by atomic mass is 16.5. The molecule has 0 bridgehead atoms. The monoisotopic (exact) mass is 249 g/mol. The lowest BCUT2D eigenvalue weighted by Gasteiger charge is -2.08. The maximum Gasteiger partial charge on any atom is 0.0720 e. The fraction of sp³-hybridized carbons (Fsp3) is 0.625. The molecule has 1 N–H and O–H groups in total. The second-order valence-electron chi connectivity index (χ2n) is 5.06. The van der Waals surface area contributed by atoms with Gasteiger partial charge in [-0.15, -0.1) is 0 Å². The van der Waals surface area contributed by atoms with Crippen molar-refractivity contribution >= 4 is 0 Å². The number of ether oxygens (including phenoxy) is 1. The number of hydrogen-bond donors (Lipinski definition) is 1. The van der Waals surface area contributed by atoms with Crippen molar-refractivity contribution in [1.82, 2.24) is 5.32 Å². The molecule has 1 rings (SSSR count). The van der Waals surface area contributed by atoms with Gasteiger partial charge in [-0.3, -0.25) is 0 Å². The van der Waals surface area contributed by atoms with E-state index in [0.717, 1.165) is 13.1 Å². The van der Waals surface area contributed by atoms with E-state index < -0.39 is 0 Å². The van der Waals surface area contributed by atoms with E-state index in [1.54, 1.807) is 0 Å². The summed E-state index contributed by atoms with van der Waals surface area (Å²) in [6, 6.07) is 8.69. The summed E-state index contributed by atoms with van der Waals surface area (Å²) < 4.78 is 5.58. The van der Waals surface area contributed by atoms with E-state index in [9.17, 15) is 0 Å². The van der Waals surface area contributed by atoms with Crippen molar-refractivity contribution in [3.63, 3.8) is 0 Å². The first-order valence-corrected chi connectivity index (χ1v) is 7.12. The van der Waals surface area contributed by atoms with Crippen LogP contribution in [0.1, 0.15) is 51.2 Å². The Hall–Kier alpha value is -0.860. The SMILES string of the molecule is CCCCCNCc1ccc(COC(C)C)cc1. The van der Waals surface area contributed by atoms with E-state index >= 15 is 0 Å². The molecule has 0 heterocycles. The Morgan fingerprint density at radius 2 is 1.72 bits per heavy atom. The summed E-state index contributed by atoms with van der Waals surface area (Å²) in [6.45, 7) is 9.16. The minimum Gasteiger partial charge on any atom is -0.374 e. The molecule has 0 fully saturated rings. The first kappa shape index (κ1) is 15.2. The van der Waals surface area contributed by atoms with E-state index in [2.05, 4.69) is 50.4 Å². The molecule has 0 saturated carbocycles. The van der Waals surface area contributed by atoms with Gasteiger partial charge in [-0.2, -0.15) is 0 Å². The maximum absolute atomic E-state index is 5.58. The van der Waals surface area contributed by atoms with E-state index in [1.165, 1.54) is 30.4 Å². The lowest BCUT2D eigenvalue weighted by atomic mass is 10.1. The molecule has 0 radical (unpaired) electrons. The fourth-order valence-corrected chi connectivity index (χ4v) is 1.75. The Kier molecular flexibility index (Phi) is 7.70. The third-order valence-electron chi connectivity index (χ3n) is 2.89. The first-order valence-electron chi connectivity index (χ1n) is 7.12. The Bertz CT molecular complexity index is 305. The topological polar surface area (TPSA) is 21.3 Å². The van der Waals surface area contributed by atoms with Crippen molar-refractivity contribution in [3.05, 3.63) is 35.4 Å². The molecule has 1 aromatic carbocycles. The molecule has 18 heavy (non-hydrogen) atoms. The molecule has 0 amide bonds. The predicted octanol–water partition coefficient (Wildman–Crippen LogP) is 3.89. The zero-order valence-corrected chi connectivity index (χ0v) is 12.0. The number of nitrogens with one attached hydrogen (secondary N) is 1. The smallest absolute Gasteiger partial charge is 0.0720 e. The van der Waals surface area contributed by atoms with Gasteiger partial charge in [0.25, 0.3) is 0 Å². The Labute approximate surface area is 112 Å². The van der Waals surface area contributed by atoms with Crippen LogP contribution in [0.4, 0.5) is 0 Å². The standard InChI is InChI=1S/C16H27NO/c1-4-5-6-11-17-12-15-7-9-16(10-8-15)13-18-14(2)3/h7-10,14,17H,4-6,11-13H2,1-3H3. The van der Waals surface area contributed by atoms with Gasteiger partial charge in [0.2, 0.25) is 0 Å². The normalized spacial score (nSPS) is 11.1. The Morgan fingerprint density at radius 3 is 2.33 bits per heavy atom. The molecule has 0 unspecified atom stereocenters. The zero-order valence-electron chi connectivity index (χ0n) is 12.0. The van der Waals surface area contributed by atoms with Crippen LogP contribution in [0, 0.1) is 0 Å². The molecule has 0 aliphatic heterocycles.